The molecule has 0 amide bonds. The summed E-state index contributed by atoms with van der Waals surface area (Å²) in [4.78, 5) is 16.5. The topological polar surface area (TPSA) is 70.8 Å². The number of hydrogen-bond donors (Lipinski definition) is 0. The van der Waals surface area contributed by atoms with Crippen molar-refractivity contribution in [1.29, 1.82) is 0 Å². The van der Waals surface area contributed by atoms with E-state index in [2.05, 4.69) is 4.98 Å². The fraction of sp³-hybridized carbons (Fsp3) is 0.176. The Bertz CT molecular complexity index is 846. The molecule has 1 aromatic heterocycles. The van der Waals surface area contributed by atoms with E-state index in [1.165, 1.54) is 14.2 Å². The van der Waals surface area contributed by atoms with Crippen molar-refractivity contribution in [2.75, 3.05) is 14.2 Å². The molecule has 0 saturated carbocycles. The summed E-state index contributed by atoms with van der Waals surface area (Å²) < 4.78 is 21.1. The van der Waals surface area contributed by atoms with Crippen molar-refractivity contribution in [2.24, 2.45) is 0 Å². The number of methoxy groups -OCH3 is 2. The molecule has 0 aliphatic rings. The minimum absolute atomic E-state index is 0.331. The maximum atomic E-state index is 12.3. The van der Waals surface area contributed by atoms with Crippen LogP contribution in [-0.4, -0.2) is 25.2 Å². The predicted octanol–water partition coefficient (Wildman–Crippen LogP) is 3.37. The smallest absolute Gasteiger partial charge is 0.343 e. The molecular formula is C17H15NO5. The van der Waals surface area contributed by atoms with Crippen molar-refractivity contribution in [3.63, 3.8) is 0 Å². The zero-order chi connectivity index (χ0) is 16.4. The van der Waals surface area contributed by atoms with E-state index in [4.69, 9.17) is 18.6 Å². The van der Waals surface area contributed by atoms with Crippen molar-refractivity contribution in [3.8, 4) is 17.2 Å². The molecule has 6 nitrogen and oxygen atoms in total. The first kappa shape index (κ1) is 14.9. The van der Waals surface area contributed by atoms with Crippen LogP contribution in [0.1, 0.15) is 16.2 Å². The van der Waals surface area contributed by atoms with Crippen molar-refractivity contribution >= 4 is 17.1 Å². The van der Waals surface area contributed by atoms with Gasteiger partial charge >= 0.3 is 5.97 Å². The van der Waals surface area contributed by atoms with Crippen LogP contribution in [0.5, 0.6) is 17.2 Å². The lowest BCUT2D eigenvalue weighted by atomic mass is 10.2. The monoisotopic (exact) mass is 313 g/mol. The summed E-state index contributed by atoms with van der Waals surface area (Å²) in [6, 6.07) is 9.88. The first-order valence-corrected chi connectivity index (χ1v) is 6.91. The number of aryl methyl sites for hydroxylation is 1. The average Bonchev–Trinajstić information content (AvgIpc) is 2.93. The van der Waals surface area contributed by atoms with Crippen LogP contribution < -0.4 is 14.2 Å². The highest BCUT2D eigenvalue weighted by Crippen LogP contribution is 2.25. The maximum Gasteiger partial charge on any atom is 0.343 e. The van der Waals surface area contributed by atoms with Gasteiger partial charge in [0.05, 0.1) is 19.8 Å². The first-order chi connectivity index (χ1) is 11.1. The molecule has 0 aliphatic heterocycles. The first-order valence-electron chi connectivity index (χ1n) is 6.91. The third-order valence-corrected chi connectivity index (χ3v) is 3.26. The van der Waals surface area contributed by atoms with Crippen molar-refractivity contribution in [2.45, 2.75) is 6.92 Å². The van der Waals surface area contributed by atoms with E-state index < -0.39 is 5.97 Å². The number of benzene rings is 2. The summed E-state index contributed by atoms with van der Waals surface area (Å²) in [5.41, 5.74) is 1.61. The number of nitrogens with zero attached hydrogens (tertiary/aromatic N) is 1. The highest BCUT2D eigenvalue weighted by Gasteiger charge is 2.13. The number of carbonyl (C=O) groups is 1. The van der Waals surface area contributed by atoms with Gasteiger partial charge in [0.2, 0.25) is 0 Å². The summed E-state index contributed by atoms with van der Waals surface area (Å²) in [6.45, 7) is 1.76. The van der Waals surface area contributed by atoms with Crippen LogP contribution in [-0.2, 0) is 0 Å². The van der Waals surface area contributed by atoms with E-state index in [-0.39, 0.29) is 0 Å². The van der Waals surface area contributed by atoms with Crippen LogP contribution in [0.3, 0.4) is 0 Å². The van der Waals surface area contributed by atoms with Crippen molar-refractivity contribution in [1.82, 2.24) is 4.98 Å². The molecule has 0 unspecified atom stereocenters. The lowest BCUT2D eigenvalue weighted by Crippen LogP contribution is -2.09. The molecule has 0 spiro atoms. The number of rotatable bonds is 4. The second-order valence-corrected chi connectivity index (χ2v) is 4.85. The fourth-order valence-electron chi connectivity index (χ4n) is 2.18. The molecule has 1 heterocycles. The zero-order valence-electron chi connectivity index (χ0n) is 13.0. The Hall–Kier alpha value is -3.02. The molecule has 0 atom stereocenters. The molecule has 0 N–H and O–H groups in total. The number of ether oxygens (including phenoxy) is 3. The molecule has 2 aromatic carbocycles. The molecule has 118 valence electrons. The third-order valence-electron chi connectivity index (χ3n) is 3.26. The van der Waals surface area contributed by atoms with Gasteiger partial charge in [0.1, 0.15) is 22.8 Å². The number of fused-ring (bicyclic) bond motifs is 1. The molecule has 23 heavy (non-hydrogen) atoms. The lowest BCUT2D eigenvalue weighted by Gasteiger charge is -2.08. The Morgan fingerprint density at radius 2 is 1.70 bits per heavy atom. The summed E-state index contributed by atoms with van der Waals surface area (Å²) >= 11 is 0. The van der Waals surface area contributed by atoms with Gasteiger partial charge in [0.25, 0.3) is 0 Å². The van der Waals surface area contributed by atoms with Gasteiger partial charge in [0.15, 0.2) is 11.5 Å². The van der Waals surface area contributed by atoms with E-state index in [1.807, 2.05) is 0 Å². The van der Waals surface area contributed by atoms with Gasteiger partial charge < -0.3 is 18.6 Å². The van der Waals surface area contributed by atoms with Gasteiger partial charge in [0, 0.05) is 19.1 Å². The number of hydrogen-bond acceptors (Lipinski definition) is 6. The summed E-state index contributed by atoms with van der Waals surface area (Å²) in [7, 11) is 3.04. The standard InChI is InChI=1S/C17H15NO5/c1-10-18-15-9-12(4-5-16(15)22-10)23-17(19)11-6-13(20-2)8-14(7-11)21-3/h4-9H,1-3H3. The maximum absolute atomic E-state index is 12.3. The predicted molar refractivity (Wildman–Crippen MR) is 83.3 cm³/mol. The minimum atomic E-state index is -0.512. The van der Waals surface area contributed by atoms with E-state index >= 15 is 0 Å². The molecule has 0 aliphatic carbocycles. The van der Waals surface area contributed by atoms with Crippen LogP contribution >= 0.6 is 0 Å². The Morgan fingerprint density at radius 3 is 2.35 bits per heavy atom. The van der Waals surface area contributed by atoms with Crippen LogP contribution in [0.2, 0.25) is 0 Å². The molecule has 0 bridgehead atoms. The second-order valence-electron chi connectivity index (χ2n) is 4.85. The van der Waals surface area contributed by atoms with E-state index in [0.717, 1.165) is 0 Å². The zero-order valence-corrected chi connectivity index (χ0v) is 13.0. The molecule has 0 radical (unpaired) electrons. The normalized spacial score (nSPS) is 10.6. The van der Waals surface area contributed by atoms with Gasteiger partial charge in [-0.15, -0.1) is 0 Å². The van der Waals surface area contributed by atoms with E-state index in [1.54, 1.807) is 43.3 Å². The lowest BCUT2D eigenvalue weighted by molar-refractivity contribution is 0.0734. The van der Waals surface area contributed by atoms with Gasteiger partial charge in [-0.25, -0.2) is 9.78 Å². The molecule has 3 aromatic rings. The summed E-state index contributed by atoms with van der Waals surface area (Å²) in [6.07, 6.45) is 0. The highest BCUT2D eigenvalue weighted by atomic mass is 16.5. The second kappa shape index (κ2) is 6.00. The van der Waals surface area contributed by atoms with Crippen molar-refractivity contribution < 1.29 is 23.4 Å². The molecule has 3 rings (SSSR count). The van der Waals surface area contributed by atoms with Gasteiger partial charge in [-0.2, -0.15) is 0 Å². The van der Waals surface area contributed by atoms with Gasteiger partial charge in [-0.3, -0.25) is 0 Å². The molecule has 6 heteroatoms. The molecule has 0 fully saturated rings. The summed E-state index contributed by atoms with van der Waals surface area (Å²) in [5, 5.41) is 0. The van der Waals surface area contributed by atoms with Crippen LogP contribution in [0.25, 0.3) is 11.1 Å². The Morgan fingerprint density at radius 1 is 1.00 bits per heavy atom. The van der Waals surface area contributed by atoms with E-state index in [0.29, 0.717) is 39.8 Å². The number of esters is 1. The number of carbonyl (C=O) groups excluding carboxylic acids is 1. The Balaban J connectivity index is 1.87. The van der Waals surface area contributed by atoms with Crippen LogP contribution in [0.4, 0.5) is 0 Å². The van der Waals surface area contributed by atoms with Crippen molar-refractivity contribution in [3.05, 3.63) is 47.9 Å². The number of aromatic nitrogens is 1. The SMILES string of the molecule is COc1cc(OC)cc(C(=O)Oc2ccc3oc(C)nc3c2)c1. The Labute approximate surface area is 132 Å². The van der Waals surface area contributed by atoms with Gasteiger partial charge in [-0.05, 0) is 24.3 Å². The summed E-state index contributed by atoms with van der Waals surface area (Å²) in [5.74, 6) is 1.46. The average molecular weight is 313 g/mol. The fourth-order valence-corrected chi connectivity index (χ4v) is 2.18. The molecular weight excluding hydrogens is 298 g/mol. The van der Waals surface area contributed by atoms with Crippen LogP contribution in [0.15, 0.2) is 40.8 Å². The number of oxazole rings is 1. The quantitative estimate of drug-likeness (QED) is 0.543. The van der Waals surface area contributed by atoms with Crippen LogP contribution in [0, 0.1) is 6.92 Å². The Kier molecular flexibility index (Phi) is 3.89. The minimum Gasteiger partial charge on any atom is -0.497 e. The highest BCUT2D eigenvalue weighted by molar-refractivity contribution is 5.92. The van der Waals surface area contributed by atoms with Gasteiger partial charge in [-0.1, -0.05) is 0 Å². The molecule has 0 saturated heterocycles. The largest absolute Gasteiger partial charge is 0.497 e. The third kappa shape index (κ3) is 3.11. The van der Waals surface area contributed by atoms with E-state index in [9.17, 15) is 4.79 Å².